The molecule has 9 heteroatoms. The number of carbonyl (C=O) groups is 1. The van der Waals surface area contributed by atoms with Gasteiger partial charge in [-0.3, -0.25) is 4.79 Å². The quantitative estimate of drug-likeness (QED) is 0.0261. The van der Waals surface area contributed by atoms with Crippen LogP contribution in [0.1, 0.15) is 348 Å². The molecule has 0 aromatic rings. The number of amides is 1. The lowest BCUT2D eigenvalue weighted by Crippen LogP contribution is -2.60. The molecule has 496 valence electrons. The van der Waals surface area contributed by atoms with Crippen LogP contribution in [0.2, 0.25) is 0 Å². The summed E-state index contributed by atoms with van der Waals surface area (Å²) in [4.78, 5) is 13.2. The minimum absolute atomic E-state index is 0.135. The molecule has 7 atom stereocenters. The Hall–Kier alpha value is -2.37. The van der Waals surface area contributed by atoms with Gasteiger partial charge in [0.25, 0.3) is 0 Å². The number of hydrogen-bond donors (Lipinski definition) is 6. The summed E-state index contributed by atoms with van der Waals surface area (Å²) in [6.07, 6.45) is 84.1. The SMILES string of the molecule is CC/C=C\C/C=C\C/C=C\C/C=C\C/C=C\C/C=C\CCCCCCCCCCCCCCCCCCCCCCCCC(=O)NC(COC1OC(CO)C(O)C(O)C1O)C(O)CCCCCCCCCCCCCCCCCCCCCCC. The van der Waals surface area contributed by atoms with E-state index in [4.69, 9.17) is 9.47 Å². The standard InChI is InChI=1S/C76H139NO8/c1-3-5-7-9-11-13-15-17-19-21-23-25-26-27-28-29-30-31-32-33-34-35-36-37-38-39-40-41-42-43-44-46-48-50-52-54-56-58-60-62-64-66-72(80)77-69(68-84-76-75(83)74(82)73(81)71(67-78)85-76)70(79)65-63-61-59-57-55-53-51-49-47-45-24-22-20-18-16-14-12-10-8-6-4-2/h5,7,11,13,17,19,23,25,27-28,30-31,69-71,73-76,78-79,81-83H,3-4,6,8-10,12,14-16,18,20-22,24,26,29,32-68H2,1-2H3,(H,77,80)/b7-5-,13-11-,19-17-,25-23-,28-27-,31-30-. The second-order valence-electron chi connectivity index (χ2n) is 25.4. The van der Waals surface area contributed by atoms with Gasteiger partial charge < -0.3 is 40.3 Å². The van der Waals surface area contributed by atoms with Crippen molar-refractivity contribution < 1.29 is 39.8 Å². The topological polar surface area (TPSA) is 149 Å². The van der Waals surface area contributed by atoms with Crippen molar-refractivity contribution in [3.8, 4) is 0 Å². The van der Waals surface area contributed by atoms with Crippen LogP contribution in [-0.2, 0) is 14.3 Å². The minimum atomic E-state index is -1.55. The Balaban J connectivity index is 2.05. The van der Waals surface area contributed by atoms with E-state index in [0.29, 0.717) is 12.8 Å². The third-order valence-electron chi connectivity index (χ3n) is 17.3. The molecule has 1 aliphatic rings. The molecule has 1 fully saturated rings. The molecule has 0 spiro atoms. The summed E-state index contributed by atoms with van der Waals surface area (Å²) in [5, 5.41) is 54.9. The lowest BCUT2D eigenvalue weighted by molar-refractivity contribution is -0.302. The molecule has 1 amide bonds. The number of allylic oxidation sites excluding steroid dienone is 12. The number of unbranched alkanes of at least 4 members (excludes halogenated alkanes) is 42. The van der Waals surface area contributed by atoms with E-state index in [9.17, 15) is 30.3 Å². The molecule has 85 heavy (non-hydrogen) atoms. The zero-order chi connectivity index (χ0) is 61.4. The van der Waals surface area contributed by atoms with Crippen LogP contribution in [0, 0.1) is 0 Å². The average molecular weight is 1190 g/mol. The molecule has 1 aliphatic heterocycles. The van der Waals surface area contributed by atoms with E-state index < -0.39 is 49.5 Å². The largest absolute Gasteiger partial charge is 0.394 e. The molecule has 0 aromatic carbocycles. The van der Waals surface area contributed by atoms with E-state index in [2.05, 4.69) is 92.1 Å². The highest BCUT2D eigenvalue weighted by molar-refractivity contribution is 5.76. The fourth-order valence-corrected chi connectivity index (χ4v) is 11.6. The molecular weight excluding hydrogens is 1050 g/mol. The molecule has 1 heterocycles. The molecule has 0 aliphatic carbocycles. The van der Waals surface area contributed by atoms with Crippen LogP contribution in [0.4, 0.5) is 0 Å². The summed E-state index contributed by atoms with van der Waals surface area (Å²) in [7, 11) is 0. The van der Waals surface area contributed by atoms with E-state index in [-0.39, 0.29) is 12.5 Å². The first-order chi connectivity index (χ1) is 41.8. The minimum Gasteiger partial charge on any atom is -0.394 e. The Labute approximate surface area is 525 Å². The van der Waals surface area contributed by atoms with Gasteiger partial charge in [-0.25, -0.2) is 0 Å². The number of rotatable bonds is 64. The van der Waals surface area contributed by atoms with Crippen LogP contribution in [0.15, 0.2) is 72.9 Å². The summed E-state index contributed by atoms with van der Waals surface area (Å²) in [5.74, 6) is -0.138. The van der Waals surface area contributed by atoms with Gasteiger partial charge in [-0.1, -0.05) is 350 Å². The smallest absolute Gasteiger partial charge is 0.220 e. The Bertz CT molecular complexity index is 1570. The summed E-state index contributed by atoms with van der Waals surface area (Å²) in [5.41, 5.74) is 0. The Morgan fingerprint density at radius 2 is 0.729 bits per heavy atom. The van der Waals surface area contributed by atoms with E-state index in [0.717, 1.165) is 77.0 Å². The molecular formula is C76H139NO8. The number of carbonyl (C=O) groups excluding carboxylic acids is 1. The van der Waals surface area contributed by atoms with Crippen LogP contribution in [0.25, 0.3) is 0 Å². The van der Waals surface area contributed by atoms with Gasteiger partial charge in [-0.2, -0.15) is 0 Å². The van der Waals surface area contributed by atoms with Crippen molar-refractivity contribution >= 4 is 5.91 Å². The maximum Gasteiger partial charge on any atom is 0.220 e. The number of ether oxygens (including phenoxy) is 2. The van der Waals surface area contributed by atoms with E-state index in [1.54, 1.807) is 0 Å². The van der Waals surface area contributed by atoms with Crippen molar-refractivity contribution in [1.29, 1.82) is 0 Å². The van der Waals surface area contributed by atoms with Gasteiger partial charge in [0, 0.05) is 6.42 Å². The number of aliphatic hydroxyl groups is 5. The number of nitrogens with one attached hydrogen (secondary N) is 1. The lowest BCUT2D eigenvalue weighted by atomic mass is 9.99. The number of hydrogen-bond acceptors (Lipinski definition) is 8. The second kappa shape index (κ2) is 64.6. The molecule has 0 bridgehead atoms. The zero-order valence-electron chi connectivity index (χ0n) is 55.6. The Morgan fingerprint density at radius 1 is 0.412 bits per heavy atom. The molecule has 1 saturated heterocycles. The van der Waals surface area contributed by atoms with Crippen molar-refractivity contribution in [2.75, 3.05) is 13.2 Å². The van der Waals surface area contributed by atoms with Crippen molar-refractivity contribution in [2.45, 2.75) is 391 Å². The normalized spacial score (nSPS) is 18.5. The lowest BCUT2D eigenvalue weighted by Gasteiger charge is -2.40. The van der Waals surface area contributed by atoms with Crippen molar-refractivity contribution in [3.05, 3.63) is 72.9 Å². The van der Waals surface area contributed by atoms with Crippen molar-refractivity contribution in [2.24, 2.45) is 0 Å². The molecule has 7 unspecified atom stereocenters. The maximum atomic E-state index is 13.2. The monoisotopic (exact) mass is 1190 g/mol. The van der Waals surface area contributed by atoms with Crippen LogP contribution in [0.3, 0.4) is 0 Å². The zero-order valence-corrected chi connectivity index (χ0v) is 55.6. The number of aliphatic hydroxyl groups excluding tert-OH is 5. The Morgan fingerprint density at radius 3 is 1.08 bits per heavy atom. The Kier molecular flexibility index (Phi) is 61.3. The summed E-state index contributed by atoms with van der Waals surface area (Å²) >= 11 is 0. The maximum absolute atomic E-state index is 13.2. The van der Waals surface area contributed by atoms with Crippen LogP contribution >= 0.6 is 0 Å². The van der Waals surface area contributed by atoms with Gasteiger partial charge in [0.05, 0.1) is 25.4 Å². The molecule has 1 rings (SSSR count). The van der Waals surface area contributed by atoms with Gasteiger partial charge >= 0.3 is 0 Å². The second-order valence-corrected chi connectivity index (χ2v) is 25.4. The average Bonchev–Trinajstić information content (AvgIpc) is 3.68. The fraction of sp³-hybridized carbons (Fsp3) is 0.829. The van der Waals surface area contributed by atoms with Gasteiger partial charge in [0.1, 0.15) is 24.4 Å². The van der Waals surface area contributed by atoms with Crippen molar-refractivity contribution in [3.63, 3.8) is 0 Å². The predicted octanol–water partition coefficient (Wildman–Crippen LogP) is 20.3. The molecule has 0 saturated carbocycles. The van der Waals surface area contributed by atoms with Gasteiger partial charge in [-0.05, 0) is 64.2 Å². The van der Waals surface area contributed by atoms with Gasteiger partial charge in [-0.15, -0.1) is 0 Å². The molecule has 0 aromatic heterocycles. The molecule has 6 N–H and O–H groups in total. The van der Waals surface area contributed by atoms with Gasteiger partial charge in [0.15, 0.2) is 6.29 Å². The fourth-order valence-electron chi connectivity index (χ4n) is 11.6. The first kappa shape index (κ1) is 80.6. The van der Waals surface area contributed by atoms with Crippen LogP contribution in [0.5, 0.6) is 0 Å². The molecule has 9 nitrogen and oxygen atoms in total. The summed E-state index contributed by atoms with van der Waals surface area (Å²) < 4.78 is 11.4. The third-order valence-corrected chi connectivity index (χ3v) is 17.3. The van der Waals surface area contributed by atoms with E-state index >= 15 is 0 Å². The van der Waals surface area contributed by atoms with E-state index in [1.165, 1.54) is 244 Å². The van der Waals surface area contributed by atoms with Gasteiger partial charge in [0.2, 0.25) is 5.91 Å². The van der Waals surface area contributed by atoms with Crippen LogP contribution in [-0.4, -0.2) is 87.5 Å². The van der Waals surface area contributed by atoms with Crippen LogP contribution < -0.4 is 5.32 Å². The van der Waals surface area contributed by atoms with Crippen molar-refractivity contribution in [1.82, 2.24) is 5.32 Å². The highest BCUT2D eigenvalue weighted by Gasteiger charge is 2.44. The highest BCUT2D eigenvalue weighted by Crippen LogP contribution is 2.24. The summed E-state index contributed by atoms with van der Waals surface area (Å²) in [6, 6.07) is -0.720. The first-order valence-electron chi connectivity index (χ1n) is 36.6. The highest BCUT2D eigenvalue weighted by atomic mass is 16.7. The van der Waals surface area contributed by atoms with E-state index in [1.807, 2.05) is 0 Å². The first-order valence-corrected chi connectivity index (χ1v) is 36.6. The molecule has 0 radical (unpaired) electrons. The summed E-state index contributed by atoms with van der Waals surface area (Å²) in [6.45, 7) is 3.77. The predicted molar refractivity (Wildman–Crippen MR) is 364 cm³/mol. The third kappa shape index (κ3) is 53.2.